The minimum absolute atomic E-state index is 0.200. The predicted molar refractivity (Wildman–Crippen MR) is 80.2 cm³/mol. The molecule has 19 heavy (non-hydrogen) atoms. The second-order valence-electron chi connectivity index (χ2n) is 4.95. The van der Waals surface area contributed by atoms with Gasteiger partial charge in [0.2, 0.25) is 0 Å². The van der Waals surface area contributed by atoms with E-state index < -0.39 is 0 Å². The first-order valence-electron chi connectivity index (χ1n) is 6.50. The maximum Gasteiger partial charge on any atom is 0.0641 e. The van der Waals surface area contributed by atoms with E-state index in [2.05, 4.69) is 47.7 Å². The number of nitrogens with two attached hydrogens (primary N) is 1. The van der Waals surface area contributed by atoms with E-state index in [1.54, 1.807) is 11.3 Å². The van der Waals surface area contributed by atoms with Gasteiger partial charge in [0.25, 0.3) is 0 Å². The standard InChI is InChI=1S/C14H22N4S/c1-10-12(9-17(3)16-10)13(8-15)18(4)11(2)14-6-5-7-19-14/h5-7,9,11,13H,8,15H2,1-4H3. The zero-order valence-corrected chi connectivity index (χ0v) is 12.8. The van der Waals surface area contributed by atoms with Crippen LogP contribution in [0.4, 0.5) is 0 Å². The number of thiophene rings is 1. The molecule has 0 spiro atoms. The van der Waals surface area contributed by atoms with Gasteiger partial charge in [-0.05, 0) is 32.3 Å². The van der Waals surface area contributed by atoms with Crippen LogP contribution in [0.3, 0.4) is 0 Å². The van der Waals surface area contributed by atoms with Crippen LogP contribution < -0.4 is 5.73 Å². The van der Waals surface area contributed by atoms with E-state index in [0.717, 1.165) is 5.69 Å². The summed E-state index contributed by atoms with van der Waals surface area (Å²) in [4.78, 5) is 3.69. The summed E-state index contributed by atoms with van der Waals surface area (Å²) in [6.45, 7) is 4.86. The Morgan fingerprint density at radius 2 is 2.26 bits per heavy atom. The summed E-state index contributed by atoms with van der Waals surface area (Å²) in [5.74, 6) is 0. The average Bonchev–Trinajstić information content (AvgIpc) is 3.00. The Labute approximate surface area is 118 Å². The molecular formula is C14H22N4S. The Morgan fingerprint density at radius 3 is 2.74 bits per heavy atom. The molecule has 0 aliphatic rings. The fraction of sp³-hybridized carbons (Fsp3) is 0.500. The first-order valence-corrected chi connectivity index (χ1v) is 7.38. The van der Waals surface area contributed by atoms with Crippen LogP contribution in [-0.4, -0.2) is 28.3 Å². The first kappa shape index (κ1) is 14.2. The zero-order chi connectivity index (χ0) is 14.0. The number of aryl methyl sites for hydroxylation is 2. The fourth-order valence-electron chi connectivity index (χ4n) is 2.46. The van der Waals surface area contributed by atoms with Crippen molar-refractivity contribution in [2.45, 2.75) is 25.9 Å². The van der Waals surface area contributed by atoms with Gasteiger partial charge < -0.3 is 5.73 Å². The first-order chi connectivity index (χ1) is 9.04. The van der Waals surface area contributed by atoms with Gasteiger partial charge in [-0.15, -0.1) is 11.3 Å². The highest BCUT2D eigenvalue weighted by molar-refractivity contribution is 7.10. The van der Waals surface area contributed by atoms with Crippen molar-refractivity contribution in [2.75, 3.05) is 13.6 Å². The van der Waals surface area contributed by atoms with E-state index >= 15 is 0 Å². The average molecular weight is 278 g/mol. The summed E-state index contributed by atoms with van der Waals surface area (Å²) in [6, 6.07) is 4.83. The summed E-state index contributed by atoms with van der Waals surface area (Å²) in [5.41, 5.74) is 8.28. The molecule has 2 aromatic heterocycles. The third-order valence-electron chi connectivity index (χ3n) is 3.69. The van der Waals surface area contributed by atoms with Gasteiger partial charge in [-0.2, -0.15) is 5.10 Å². The molecule has 2 unspecified atom stereocenters. The Hall–Kier alpha value is -1.17. The maximum absolute atomic E-state index is 6.00. The Morgan fingerprint density at radius 1 is 1.53 bits per heavy atom. The highest BCUT2D eigenvalue weighted by atomic mass is 32.1. The van der Waals surface area contributed by atoms with Crippen molar-refractivity contribution in [2.24, 2.45) is 12.8 Å². The molecule has 0 aliphatic heterocycles. The molecule has 2 heterocycles. The van der Waals surface area contributed by atoms with E-state index in [9.17, 15) is 0 Å². The summed E-state index contributed by atoms with van der Waals surface area (Å²) >= 11 is 1.79. The fourth-order valence-corrected chi connectivity index (χ4v) is 3.29. The molecule has 2 atom stereocenters. The third-order valence-corrected chi connectivity index (χ3v) is 4.73. The minimum Gasteiger partial charge on any atom is -0.329 e. The molecule has 0 amide bonds. The number of hydrogen-bond acceptors (Lipinski definition) is 4. The van der Waals surface area contributed by atoms with E-state index in [1.165, 1.54) is 10.4 Å². The van der Waals surface area contributed by atoms with E-state index in [-0.39, 0.29) is 6.04 Å². The summed E-state index contributed by atoms with van der Waals surface area (Å²) in [5, 5.41) is 6.54. The molecule has 0 aliphatic carbocycles. The predicted octanol–water partition coefficient (Wildman–Crippen LogP) is 2.48. The van der Waals surface area contributed by atoms with Crippen molar-refractivity contribution in [3.8, 4) is 0 Å². The van der Waals surface area contributed by atoms with Gasteiger partial charge in [0.1, 0.15) is 0 Å². The van der Waals surface area contributed by atoms with Gasteiger partial charge in [0.05, 0.1) is 11.7 Å². The summed E-state index contributed by atoms with van der Waals surface area (Å²) in [6.07, 6.45) is 2.07. The molecule has 4 nitrogen and oxygen atoms in total. The molecule has 2 aromatic rings. The monoisotopic (exact) mass is 278 g/mol. The van der Waals surface area contributed by atoms with Crippen molar-refractivity contribution in [3.63, 3.8) is 0 Å². The van der Waals surface area contributed by atoms with Crippen LogP contribution in [0.25, 0.3) is 0 Å². The largest absolute Gasteiger partial charge is 0.329 e. The van der Waals surface area contributed by atoms with Crippen LogP contribution in [0.15, 0.2) is 23.7 Å². The summed E-state index contributed by atoms with van der Waals surface area (Å²) < 4.78 is 1.86. The lowest BCUT2D eigenvalue weighted by atomic mass is 10.0. The van der Waals surface area contributed by atoms with Gasteiger partial charge in [-0.25, -0.2) is 0 Å². The van der Waals surface area contributed by atoms with Crippen LogP contribution in [0.2, 0.25) is 0 Å². The number of aromatic nitrogens is 2. The van der Waals surface area contributed by atoms with Crippen LogP contribution in [-0.2, 0) is 7.05 Å². The Kier molecular flexibility index (Phi) is 4.39. The quantitative estimate of drug-likeness (QED) is 0.914. The molecule has 0 saturated heterocycles. The molecule has 0 fully saturated rings. The smallest absolute Gasteiger partial charge is 0.0641 e. The molecule has 5 heteroatoms. The highest BCUT2D eigenvalue weighted by Gasteiger charge is 2.24. The van der Waals surface area contributed by atoms with E-state index in [0.29, 0.717) is 12.6 Å². The van der Waals surface area contributed by atoms with Crippen LogP contribution in [0.1, 0.15) is 35.1 Å². The number of hydrogen-bond donors (Lipinski definition) is 1. The van der Waals surface area contributed by atoms with Crippen LogP contribution in [0.5, 0.6) is 0 Å². The van der Waals surface area contributed by atoms with Crippen molar-refractivity contribution in [1.29, 1.82) is 0 Å². The minimum atomic E-state index is 0.200. The lowest BCUT2D eigenvalue weighted by Gasteiger charge is -2.31. The van der Waals surface area contributed by atoms with Gasteiger partial charge in [-0.3, -0.25) is 9.58 Å². The highest BCUT2D eigenvalue weighted by Crippen LogP contribution is 2.31. The molecule has 104 valence electrons. The molecular weight excluding hydrogens is 256 g/mol. The van der Waals surface area contributed by atoms with Crippen LogP contribution in [0, 0.1) is 6.92 Å². The Balaban J connectivity index is 2.24. The van der Waals surface area contributed by atoms with E-state index in [1.807, 2.05) is 18.7 Å². The summed E-state index contributed by atoms with van der Waals surface area (Å²) in [7, 11) is 4.08. The number of rotatable bonds is 5. The van der Waals surface area contributed by atoms with Crippen molar-refractivity contribution >= 4 is 11.3 Å². The number of nitrogens with zero attached hydrogens (tertiary/aromatic N) is 3. The second-order valence-corrected chi connectivity index (χ2v) is 5.93. The van der Waals surface area contributed by atoms with E-state index in [4.69, 9.17) is 5.73 Å². The lowest BCUT2D eigenvalue weighted by molar-refractivity contribution is 0.192. The molecule has 0 bridgehead atoms. The number of likely N-dealkylation sites (N-methyl/N-ethyl adjacent to an activating group) is 1. The normalized spacial score (nSPS) is 14.8. The zero-order valence-electron chi connectivity index (χ0n) is 12.0. The molecule has 2 N–H and O–H groups in total. The third kappa shape index (κ3) is 2.88. The second kappa shape index (κ2) is 5.86. The van der Waals surface area contributed by atoms with Crippen LogP contribution >= 0.6 is 11.3 Å². The van der Waals surface area contributed by atoms with Gasteiger partial charge in [-0.1, -0.05) is 6.07 Å². The molecule has 0 saturated carbocycles. The lowest BCUT2D eigenvalue weighted by Crippen LogP contribution is -2.32. The Bertz CT molecular complexity index is 518. The topological polar surface area (TPSA) is 47.1 Å². The van der Waals surface area contributed by atoms with Crippen molar-refractivity contribution in [1.82, 2.24) is 14.7 Å². The SMILES string of the molecule is Cc1nn(C)cc1C(CN)N(C)C(C)c1cccs1. The maximum atomic E-state index is 6.00. The molecule has 2 rings (SSSR count). The van der Waals surface area contributed by atoms with Crippen molar-refractivity contribution in [3.05, 3.63) is 39.8 Å². The molecule has 0 radical (unpaired) electrons. The van der Waals surface area contributed by atoms with Gasteiger partial charge >= 0.3 is 0 Å². The molecule has 0 aromatic carbocycles. The van der Waals surface area contributed by atoms with Gasteiger partial charge in [0.15, 0.2) is 0 Å². The van der Waals surface area contributed by atoms with Gasteiger partial charge in [0, 0.05) is 36.3 Å². The van der Waals surface area contributed by atoms with Crippen molar-refractivity contribution < 1.29 is 0 Å².